The van der Waals surface area contributed by atoms with E-state index in [9.17, 15) is 0 Å². The number of methoxy groups -OCH3 is 1. The zero-order chi connectivity index (χ0) is 13.2. The quantitative estimate of drug-likeness (QED) is 0.729. The smallest absolute Gasteiger partial charge is 0.229 e. The second-order valence-corrected chi connectivity index (χ2v) is 4.31. The zero-order valence-electron chi connectivity index (χ0n) is 10.5. The number of anilines is 1. The third-order valence-electron chi connectivity index (χ3n) is 2.99. The highest BCUT2D eigenvalue weighted by Crippen LogP contribution is 2.28. The third-order valence-corrected chi connectivity index (χ3v) is 2.99. The van der Waals surface area contributed by atoms with Gasteiger partial charge in [0.2, 0.25) is 5.89 Å². The van der Waals surface area contributed by atoms with Gasteiger partial charge >= 0.3 is 0 Å². The number of nitrogens with two attached hydrogens (primary N) is 1. The molecule has 0 saturated heterocycles. The fourth-order valence-corrected chi connectivity index (χ4v) is 2.08. The SMILES string of the molecule is COC(c1ccccc1)c1nc2ccc(N)cc2o1. The Morgan fingerprint density at radius 2 is 1.95 bits per heavy atom. The summed E-state index contributed by atoms with van der Waals surface area (Å²) < 4.78 is 11.2. The first-order valence-electron chi connectivity index (χ1n) is 6.01. The number of hydrogen-bond donors (Lipinski definition) is 1. The van der Waals surface area contributed by atoms with Crippen molar-refractivity contribution in [3.63, 3.8) is 0 Å². The molecule has 2 aromatic carbocycles. The predicted octanol–water partition coefficient (Wildman–Crippen LogP) is 3.15. The van der Waals surface area contributed by atoms with Crippen molar-refractivity contribution in [3.05, 3.63) is 60.0 Å². The van der Waals surface area contributed by atoms with Gasteiger partial charge in [-0.25, -0.2) is 4.98 Å². The van der Waals surface area contributed by atoms with E-state index >= 15 is 0 Å². The molecular formula is C15H14N2O2. The van der Waals surface area contributed by atoms with E-state index in [1.165, 1.54) is 0 Å². The molecule has 1 aromatic heterocycles. The first-order valence-corrected chi connectivity index (χ1v) is 6.01. The van der Waals surface area contributed by atoms with Crippen LogP contribution in [0.2, 0.25) is 0 Å². The minimum absolute atomic E-state index is 0.310. The third kappa shape index (κ3) is 2.18. The van der Waals surface area contributed by atoms with Crippen LogP contribution in [-0.4, -0.2) is 12.1 Å². The minimum atomic E-state index is -0.310. The molecule has 1 unspecified atom stereocenters. The Bertz CT molecular complexity index is 692. The van der Waals surface area contributed by atoms with Gasteiger partial charge in [0.1, 0.15) is 5.52 Å². The van der Waals surface area contributed by atoms with Gasteiger partial charge in [0.25, 0.3) is 0 Å². The second-order valence-electron chi connectivity index (χ2n) is 4.31. The number of fused-ring (bicyclic) bond motifs is 1. The van der Waals surface area contributed by atoms with Crippen LogP contribution in [0.25, 0.3) is 11.1 Å². The van der Waals surface area contributed by atoms with Crippen molar-refractivity contribution in [2.45, 2.75) is 6.10 Å². The van der Waals surface area contributed by atoms with E-state index in [-0.39, 0.29) is 6.10 Å². The lowest BCUT2D eigenvalue weighted by molar-refractivity contribution is 0.113. The highest BCUT2D eigenvalue weighted by Gasteiger charge is 2.19. The molecule has 0 aliphatic heterocycles. The van der Waals surface area contributed by atoms with Crippen LogP contribution in [0.1, 0.15) is 17.6 Å². The van der Waals surface area contributed by atoms with Crippen LogP contribution < -0.4 is 5.73 Å². The van der Waals surface area contributed by atoms with E-state index in [0.29, 0.717) is 17.2 Å². The second kappa shape index (κ2) is 4.74. The van der Waals surface area contributed by atoms with Crippen LogP contribution in [0.5, 0.6) is 0 Å². The Morgan fingerprint density at radius 3 is 2.68 bits per heavy atom. The molecule has 3 rings (SSSR count). The lowest BCUT2D eigenvalue weighted by Gasteiger charge is -2.11. The summed E-state index contributed by atoms with van der Waals surface area (Å²) in [5.41, 5.74) is 8.85. The number of hydrogen-bond acceptors (Lipinski definition) is 4. The van der Waals surface area contributed by atoms with Crippen molar-refractivity contribution in [1.82, 2.24) is 4.98 Å². The van der Waals surface area contributed by atoms with Gasteiger partial charge in [-0.1, -0.05) is 30.3 Å². The largest absolute Gasteiger partial charge is 0.437 e. The highest BCUT2D eigenvalue weighted by atomic mass is 16.5. The first kappa shape index (κ1) is 11.7. The molecule has 0 fully saturated rings. The fourth-order valence-electron chi connectivity index (χ4n) is 2.08. The van der Waals surface area contributed by atoms with E-state index in [1.807, 2.05) is 36.4 Å². The Hall–Kier alpha value is -2.33. The predicted molar refractivity (Wildman–Crippen MR) is 73.7 cm³/mol. The van der Waals surface area contributed by atoms with Crippen LogP contribution >= 0.6 is 0 Å². The summed E-state index contributed by atoms with van der Waals surface area (Å²) in [6, 6.07) is 15.3. The van der Waals surface area contributed by atoms with Crippen LogP contribution in [0.3, 0.4) is 0 Å². The molecule has 4 nitrogen and oxygen atoms in total. The lowest BCUT2D eigenvalue weighted by Crippen LogP contribution is -2.03. The van der Waals surface area contributed by atoms with Crippen molar-refractivity contribution < 1.29 is 9.15 Å². The summed E-state index contributed by atoms with van der Waals surface area (Å²) in [5.74, 6) is 0.536. The van der Waals surface area contributed by atoms with E-state index in [0.717, 1.165) is 11.1 Å². The van der Waals surface area contributed by atoms with Gasteiger partial charge in [0.05, 0.1) is 0 Å². The molecule has 2 N–H and O–H groups in total. The van der Waals surface area contributed by atoms with Crippen molar-refractivity contribution in [2.75, 3.05) is 12.8 Å². The monoisotopic (exact) mass is 254 g/mol. The summed E-state index contributed by atoms with van der Waals surface area (Å²) in [6.45, 7) is 0. The molecule has 1 atom stereocenters. The number of ether oxygens (including phenoxy) is 1. The molecular weight excluding hydrogens is 240 g/mol. The van der Waals surface area contributed by atoms with E-state index in [4.69, 9.17) is 14.9 Å². The Balaban J connectivity index is 2.07. The van der Waals surface area contributed by atoms with Gasteiger partial charge in [0, 0.05) is 18.9 Å². The number of oxazole rings is 1. The summed E-state index contributed by atoms with van der Waals surface area (Å²) in [7, 11) is 1.64. The maximum absolute atomic E-state index is 5.74. The van der Waals surface area contributed by atoms with E-state index in [1.54, 1.807) is 19.2 Å². The summed E-state index contributed by atoms with van der Waals surface area (Å²) in [5, 5.41) is 0. The topological polar surface area (TPSA) is 61.3 Å². The fraction of sp³-hybridized carbons (Fsp3) is 0.133. The van der Waals surface area contributed by atoms with Gasteiger partial charge in [-0.3, -0.25) is 0 Å². The van der Waals surface area contributed by atoms with Crippen molar-refractivity contribution in [2.24, 2.45) is 0 Å². The average molecular weight is 254 g/mol. The maximum atomic E-state index is 5.74. The first-order chi connectivity index (χ1) is 9.28. The van der Waals surface area contributed by atoms with Crippen molar-refractivity contribution in [1.29, 1.82) is 0 Å². The van der Waals surface area contributed by atoms with Crippen LogP contribution in [-0.2, 0) is 4.74 Å². The molecule has 0 saturated carbocycles. The number of aromatic nitrogens is 1. The van der Waals surface area contributed by atoms with Crippen LogP contribution in [0.15, 0.2) is 52.9 Å². The van der Waals surface area contributed by atoms with Crippen LogP contribution in [0.4, 0.5) is 5.69 Å². The molecule has 4 heteroatoms. The minimum Gasteiger partial charge on any atom is -0.437 e. The maximum Gasteiger partial charge on any atom is 0.229 e. The molecule has 96 valence electrons. The molecule has 1 heterocycles. The molecule has 0 amide bonds. The number of nitrogen functional groups attached to an aromatic ring is 1. The number of benzene rings is 2. The molecule has 0 aliphatic rings. The molecule has 19 heavy (non-hydrogen) atoms. The van der Waals surface area contributed by atoms with Crippen LogP contribution in [0, 0.1) is 0 Å². The molecule has 0 spiro atoms. The number of rotatable bonds is 3. The molecule has 0 bridgehead atoms. The average Bonchev–Trinajstić information content (AvgIpc) is 2.83. The van der Waals surface area contributed by atoms with Gasteiger partial charge in [-0.05, 0) is 17.7 Å². The van der Waals surface area contributed by atoms with Crippen molar-refractivity contribution in [3.8, 4) is 0 Å². The Morgan fingerprint density at radius 1 is 1.16 bits per heavy atom. The molecule has 0 aliphatic carbocycles. The molecule has 0 radical (unpaired) electrons. The zero-order valence-corrected chi connectivity index (χ0v) is 10.5. The number of nitrogens with zero attached hydrogens (tertiary/aromatic N) is 1. The molecule has 3 aromatic rings. The summed E-state index contributed by atoms with van der Waals surface area (Å²) in [6.07, 6.45) is -0.310. The normalized spacial score (nSPS) is 12.7. The van der Waals surface area contributed by atoms with Gasteiger partial charge in [0.15, 0.2) is 11.7 Å². The van der Waals surface area contributed by atoms with Crippen molar-refractivity contribution >= 4 is 16.8 Å². The standard InChI is InChI=1S/C15H14N2O2/c1-18-14(10-5-3-2-4-6-10)15-17-12-8-7-11(16)9-13(12)19-15/h2-9,14H,16H2,1H3. The van der Waals surface area contributed by atoms with Gasteiger partial charge < -0.3 is 14.9 Å². The summed E-state index contributed by atoms with van der Waals surface area (Å²) >= 11 is 0. The summed E-state index contributed by atoms with van der Waals surface area (Å²) in [4.78, 5) is 4.45. The van der Waals surface area contributed by atoms with Gasteiger partial charge in [-0.2, -0.15) is 0 Å². The lowest BCUT2D eigenvalue weighted by atomic mass is 10.1. The van der Waals surface area contributed by atoms with E-state index in [2.05, 4.69) is 4.98 Å². The van der Waals surface area contributed by atoms with Gasteiger partial charge in [-0.15, -0.1) is 0 Å². The van der Waals surface area contributed by atoms with E-state index < -0.39 is 0 Å². The Kier molecular flexibility index (Phi) is 2.93. The Labute approximate surface area is 110 Å². The highest BCUT2D eigenvalue weighted by molar-refractivity contribution is 5.76.